The van der Waals surface area contributed by atoms with E-state index in [1.54, 1.807) is 0 Å². The minimum atomic E-state index is -6.08. The van der Waals surface area contributed by atoms with Crippen molar-refractivity contribution >= 4 is 40.4 Å². The van der Waals surface area contributed by atoms with Crippen LogP contribution in [-0.2, 0) is 31.6 Å². The largest absolute Gasteiger partial charge is 1.00 e. The van der Waals surface area contributed by atoms with E-state index in [1.807, 2.05) is 0 Å². The Morgan fingerprint density at radius 3 is 2.24 bits per heavy atom. The SMILES string of the molecule is Nc1ncnc2c1ncn2[C@@H]1O[C@H](COP(=O)([O-])OP(=O)([O-])OP(=O)([O-])O)[C@H](O)C1O.[Na+].[Na+].[Na+]. The Balaban J connectivity index is 0.00000363. The molecule has 1 aliphatic heterocycles. The Kier molecular flexibility index (Phi) is 14.3. The van der Waals surface area contributed by atoms with E-state index in [0.29, 0.717) is 0 Å². The first kappa shape index (κ1) is 35.6. The zero-order chi connectivity index (χ0) is 23.2. The van der Waals surface area contributed by atoms with E-state index in [2.05, 4.69) is 28.1 Å². The van der Waals surface area contributed by atoms with Gasteiger partial charge in [-0.25, -0.2) is 23.6 Å². The summed E-state index contributed by atoms with van der Waals surface area (Å²) < 4.78 is 50.6. The summed E-state index contributed by atoms with van der Waals surface area (Å²) >= 11 is 0. The third-order valence-corrected chi connectivity index (χ3v) is 7.49. The predicted octanol–water partition coefficient (Wildman–Crippen LogP) is -12.5. The van der Waals surface area contributed by atoms with Crippen molar-refractivity contribution in [3.05, 3.63) is 12.7 Å². The smallest absolute Gasteiger partial charge is 0.756 e. The topological polar surface area (TPSA) is 288 Å². The Hall–Kier alpha value is 1.64. The fourth-order valence-electron chi connectivity index (χ4n) is 2.61. The van der Waals surface area contributed by atoms with Crippen LogP contribution in [0.5, 0.6) is 0 Å². The molecular weight excluding hydrogens is 560 g/mol. The van der Waals surface area contributed by atoms with Gasteiger partial charge in [-0.2, -0.15) is 0 Å². The molecule has 0 aliphatic carbocycles. The standard InChI is InChI=1S/C10H16N5O13P3.3Na/c11-8-5-9(13-2-12-8)15(3-14-5)10-7(17)6(16)4(26-10)1-25-30(21,22)28-31(23,24)27-29(18,19)20;;;/h2-4,6-7,10,16-17H,1H2,(H,21,22)(H,23,24)(H2,11,12,13)(H2,18,19,20);;;/q;3*+1/p-3/t4-,6+,7?,10-;;;/m1.../s1. The number of nitrogens with zero attached hydrogens (tertiary/aromatic N) is 4. The minimum Gasteiger partial charge on any atom is -0.756 e. The van der Waals surface area contributed by atoms with Crippen LogP contribution in [-0.4, -0.2) is 59.5 Å². The van der Waals surface area contributed by atoms with Crippen LogP contribution < -0.4 is 109 Å². The number of phosphoric ester groups is 1. The Morgan fingerprint density at radius 1 is 1.03 bits per heavy atom. The third kappa shape index (κ3) is 9.13. The maximum Gasteiger partial charge on any atom is 1.00 e. The number of nitrogen functional groups attached to an aromatic ring is 1. The molecule has 0 amide bonds. The number of nitrogens with two attached hydrogens (primary N) is 1. The van der Waals surface area contributed by atoms with Crippen LogP contribution in [0.25, 0.3) is 11.2 Å². The van der Waals surface area contributed by atoms with Crippen LogP contribution in [0.4, 0.5) is 5.82 Å². The fraction of sp³-hybridized carbons (Fsp3) is 0.500. The maximum atomic E-state index is 11.6. The van der Waals surface area contributed by atoms with Crippen LogP contribution in [0.1, 0.15) is 6.23 Å². The number of fused-ring (bicyclic) bond motifs is 1. The van der Waals surface area contributed by atoms with Gasteiger partial charge in [0.15, 0.2) is 17.7 Å². The number of aromatic nitrogens is 4. The second-order valence-corrected chi connectivity index (χ2v) is 10.2. The summed E-state index contributed by atoms with van der Waals surface area (Å²) in [5.74, 6) is 0.0240. The molecule has 1 fully saturated rings. The van der Waals surface area contributed by atoms with Gasteiger partial charge in [0, 0.05) is 0 Å². The van der Waals surface area contributed by atoms with Crippen LogP contribution in [0, 0.1) is 0 Å². The molecule has 5 N–H and O–H groups in total. The van der Waals surface area contributed by atoms with Gasteiger partial charge >= 0.3 is 88.7 Å². The van der Waals surface area contributed by atoms with Crippen molar-refractivity contribution in [2.75, 3.05) is 12.3 Å². The average Bonchev–Trinajstić information content (AvgIpc) is 3.13. The van der Waals surface area contributed by atoms with Crippen molar-refractivity contribution in [1.82, 2.24) is 19.5 Å². The van der Waals surface area contributed by atoms with E-state index in [1.165, 1.54) is 10.9 Å². The molecule has 4 unspecified atom stereocenters. The van der Waals surface area contributed by atoms with E-state index >= 15 is 0 Å². The van der Waals surface area contributed by atoms with Gasteiger partial charge in [-0.05, 0) is 0 Å². The summed E-state index contributed by atoms with van der Waals surface area (Å²) in [5, 5.41) is 20.3. The van der Waals surface area contributed by atoms with Gasteiger partial charge in [-0.3, -0.25) is 18.3 Å². The van der Waals surface area contributed by atoms with Gasteiger partial charge in [0.1, 0.15) is 30.2 Å². The van der Waals surface area contributed by atoms with Crippen LogP contribution in [0.2, 0.25) is 0 Å². The summed E-state index contributed by atoms with van der Waals surface area (Å²) in [6.45, 7) is -1.06. The number of hydrogen-bond acceptors (Lipinski definition) is 16. The minimum absolute atomic E-state index is 0. The summed E-state index contributed by atoms with van der Waals surface area (Å²) in [7, 11) is -17.7. The summed E-state index contributed by atoms with van der Waals surface area (Å²) in [6.07, 6.45) is -3.94. The fourth-order valence-corrected chi connectivity index (χ4v) is 5.50. The van der Waals surface area contributed by atoms with Crippen molar-refractivity contribution in [3.63, 3.8) is 0 Å². The number of hydrogen-bond donors (Lipinski definition) is 4. The molecule has 1 saturated heterocycles. The van der Waals surface area contributed by atoms with Gasteiger partial charge in [0.2, 0.25) is 0 Å². The molecule has 2 aromatic rings. The van der Waals surface area contributed by atoms with Crippen molar-refractivity contribution in [2.45, 2.75) is 24.5 Å². The van der Waals surface area contributed by atoms with Crippen LogP contribution in [0.15, 0.2) is 12.7 Å². The number of rotatable bonds is 8. The van der Waals surface area contributed by atoms with Crippen molar-refractivity contribution in [2.24, 2.45) is 0 Å². The van der Waals surface area contributed by atoms with E-state index < -0.39 is 54.6 Å². The monoisotopic (exact) mass is 573 g/mol. The summed E-state index contributed by atoms with van der Waals surface area (Å²) in [6, 6.07) is 0. The normalized spacial score (nSPS) is 27.4. The van der Waals surface area contributed by atoms with Crippen LogP contribution >= 0.6 is 23.5 Å². The molecule has 3 rings (SSSR count). The second kappa shape index (κ2) is 13.6. The molecule has 0 spiro atoms. The van der Waals surface area contributed by atoms with Crippen molar-refractivity contribution in [1.29, 1.82) is 0 Å². The van der Waals surface area contributed by atoms with Crippen molar-refractivity contribution in [3.8, 4) is 0 Å². The Morgan fingerprint density at radius 2 is 1.65 bits per heavy atom. The first-order chi connectivity index (χ1) is 14.2. The maximum absolute atomic E-state index is 11.6. The zero-order valence-corrected chi connectivity index (χ0v) is 26.5. The first-order valence-electron chi connectivity index (χ1n) is 7.87. The number of aliphatic hydroxyl groups is 2. The number of imidazole rings is 1. The third-order valence-electron chi connectivity index (χ3n) is 3.80. The average molecular weight is 573 g/mol. The van der Waals surface area contributed by atoms with Gasteiger partial charge in [0.05, 0.1) is 12.9 Å². The Labute approximate surface area is 256 Å². The van der Waals surface area contributed by atoms with E-state index in [9.17, 15) is 38.6 Å². The Bertz CT molecular complexity index is 1120. The molecule has 3 heterocycles. The molecule has 0 radical (unpaired) electrons. The molecule has 174 valence electrons. The molecule has 34 heavy (non-hydrogen) atoms. The number of phosphoric acid groups is 3. The van der Waals surface area contributed by atoms with Gasteiger partial charge in [0.25, 0.3) is 23.5 Å². The van der Waals surface area contributed by atoms with Crippen molar-refractivity contribution < 1.29 is 150 Å². The second-order valence-electron chi connectivity index (χ2n) is 5.95. The zero-order valence-electron chi connectivity index (χ0n) is 17.8. The molecule has 24 heteroatoms. The summed E-state index contributed by atoms with van der Waals surface area (Å²) in [5.41, 5.74) is 5.94. The molecule has 18 nitrogen and oxygen atoms in total. The van der Waals surface area contributed by atoms with Crippen LogP contribution in [0.3, 0.4) is 0 Å². The number of aliphatic hydroxyl groups excluding tert-OH is 2. The summed E-state index contributed by atoms with van der Waals surface area (Å²) in [4.78, 5) is 53.1. The van der Waals surface area contributed by atoms with Gasteiger partial charge < -0.3 is 44.8 Å². The van der Waals surface area contributed by atoms with Gasteiger partial charge in [-0.1, -0.05) is 0 Å². The first-order valence-corrected chi connectivity index (χ1v) is 12.3. The molecule has 0 aromatic carbocycles. The molecule has 1 aliphatic rings. The van der Waals surface area contributed by atoms with E-state index in [-0.39, 0.29) is 106 Å². The van der Waals surface area contributed by atoms with E-state index in [0.717, 1.165) is 6.33 Å². The molecule has 0 saturated carbocycles. The van der Waals surface area contributed by atoms with Gasteiger partial charge in [-0.15, -0.1) is 0 Å². The molecule has 0 bridgehead atoms. The quantitative estimate of drug-likeness (QED) is 0.168. The number of anilines is 1. The molecule has 7 atom stereocenters. The number of ether oxygens (including phenoxy) is 1. The molecular formula is C10H13N5Na3O13P3. The molecule has 2 aromatic heterocycles. The van der Waals surface area contributed by atoms with E-state index in [4.69, 9.17) is 15.4 Å². The predicted molar refractivity (Wildman–Crippen MR) is 88.8 cm³/mol.